The maximum absolute atomic E-state index is 12.7. The van der Waals surface area contributed by atoms with Gasteiger partial charge in [0.2, 0.25) is 10.0 Å². The van der Waals surface area contributed by atoms with Crippen molar-refractivity contribution in [3.63, 3.8) is 0 Å². The average molecular weight is 293 g/mol. The standard InChI is InChI=1S/C14H19N3O2S/c1-11-3-2-7-17(8-6-11)20(18,19)14-5-4-13(16)9-12(14)10-15/h4-5,9,11H,2-3,6-8,16H2,1H3. The molecule has 1 fully saturated rings. The number of hydrogen-bond donors (Lipinski definition) is 1. The molecule has 0 bridgehead atoms. The number of anilines is 1. The molecule has 1 heterocycles. The van der Waals surface area contributed by atoms with E-state index in [-0.39, 0.29) is 10.5 Å². The van der Waals surface area contributed by atoms with E-state index < -0.39 is 10.0 Å². The summed E-state index contributed by atoms with van der Waals surface area (Å²) in [6.07, 6.45) is 2.76. The predicted molar refractivity (Wildman–Crippen MR) is 77.3 cm³/mol. The largest absolute Gasteiger partial charge is 0.399 e. The van der Waals surface area contributed by atoms with Gasteiger partial charge in [0.15, 0.2) is 0 Å². The summed E-state index contributed by atoms with van der Waals surface area (Å²) in [4.78, 5) is 0.0590. The lowest BCUT2D eigenvalue weighted by Gasteiger charge is -2.20. The van der Waals surface area contributed by atoms with Crippen molar-refractivity contribution in [1.82, 2.24) is 4.31 Å². The molecular weight excluding hydrogens is 274 g/mol. The fourth-order valence-electron chi connectivity index (χ4n) is 2.48. The molecule has 0 radical (unpaired) electrons. The number of sulfonamides is 1. The molecule has 2 rings (SSSR count). The summed E-state index contributed by atoms with van der Waals surface area (Å²) < 4.78 is 26.8. The van der Waals surface area contributed by atoms with Gasteiger partial charge < -0.3 is 5.73 Å². The van der Waals surface area contributed by atoms with Crippen LogP contribution in [0, 0.1) is 17.2 Å². The summed E-state index contributed by atoms with van der Waals surface area (Å²) >= 11 is 0. The third kappa shape index (κ3) is 2.94. The van der Waals surface area contributed by atoms with Crippen molar-refractivity contribution in [2.24, 2.45) is 5.92 Å². The molecule has 108 valence electrons. The fraction of sp³-hybridized carbons (Fsp3) is 0.500. The predicted octanol–water partition coefficient (Wildman–Crippen LogP) is 1.95. The van der Waals surface area contributed by atoms with E-state index in [2.05, 4.69) is 6.92 Å². The van der Waals surface area contributed by atoms with Crippen molar-refractivity contribution in [3.8, 4) is 6.07 Å². The molecule has 1 aliphatic heterocycles. The Kier molecular flexibility index (Phi) is 4.31. The van der Waals surface area contributed by atoms with Gasteiger partial charge in [-0.2, -0.15) is 9.57 Å². The Morgan fingerprint density at radius 3 is 2.80 bits per heavy atom. The van der Waals surface area contributed by atoms with Gasteiger partial charge in [-0.25, -0.2) is 8.42 Å². The number of benzene rings is 1. The molecule has 0 spiro atoms. The first-order valence-electron chi connectivity index (χ1n) is 6.75. The second-order valence-electron chi connectivity index (χ2n) is 5.31. The summed E-state index contributed by atoms with van der Waals surface area (Å²) in [5.41, 5.74) is 6.12. The Morgan fingerprint density at radius 2 is 2.10 bits per heavy atom. The van der Waals surface area contributed by atoms with Gasteiger partial charge in [0.05, 0.1) is 5.56 Å². The number of nitriles is 1. The van der Waals surface area contributed by atoms with E-state index in [4.69, 9.17) is 11.0 Å². The van der Waals surface area contributed by atoms with Crippen LogP contribution in [0.15, 0.2) is 23.1 Å². The van der Waals surface area contributed by atoms with Crippen molar-refractivity contribution in [2.75, 3.05) is 18.8 Å². The Bertz CT molecular complexity index is 634. The van der Waals surface area contributed by atoms with Gasteiger partial charge in [-0.05, 0) is 43.4 Å². The lowest BCUT2D eigenvalue weighted by molar-refractivity contribution is 0.416. The fourth-order valence-corrected chi connectivity index (χ4v) is 4.09. The molecule has 0 aliphatic carbocycles. The molecule has 1 unspecified atom stereocenters. The quantitative estimate of drug-likeness (QED) is 0.844. The maximum atomic E-state index is 12.7. The van der Waals surface area contributed by atoms with E-state index in [1.807, 2.05) is 6.07 Å². The van der Waals surface area contributed by atoms with Crippen molar-refractivity contribution < 1.29 is 8.42 Å². The maximum Gasteiger partial charge on any atom is 0.244 e. The molecule has 5 nitrogen and oxygen atoms in total. The van der Waals surface area contributed by atoms with Gasteiger partial charge in [-0.3, -0.25) is 0 Å². The molecule has 6 heteroatoms. The van der Waals surface area contributed by atoms with E-state index in [0.717, 1.165) is 19.3 Å². The molecule has 1 aromatic rings. The van der Waals surface area contributed by atoms with E-state index >= 15 is 0 Å². The molecular formula is C14H19N3O2S. The normalized spacial score (nSPS) is 21.1. The van der Waals surface area contributed by atoms with Crippen LogP contribution in [0.2, 0.25) is 0 Å². The van der Waals surface area contributed by atoms with E-state index in [1.54, 1.807) is 0 Å². The number of rotatable bonds is 2. The highest BCUT2D eigenvalue weighted by Gasteiger charge is 2.28. The van der Waals surface area contributed by atoms with Gasteiger partial charge in [-0.15, -0.1) is 0 Å². The van der Waals surface area contributed by atoms with Gasteiger partial charge >= 0.3 is 0 Å². The number of nitrogens with two attached hydrogens (primary N) is 1. The number of nitrogens with zero attached hydrogens (tertiary/aromatic N) is 2. The van der Waals surface area contributed by atoms with Gasteiger partial charge in [0.1, 0.15) is 11.0 Å². The molecule has 20 heavy (non-hydrogen) atoms. The minimum Gasteiger partial charge on any atom is -0.399 e. The molecule has 1 atom stereocenters. The van der Waals surface area contributed by atoms with Crippen molar-refractivity contribution >= 4 is 15.7 Å². The van der Waals surface area contributed by atoms with E-state index in [1.165, 1.54) is 22.5 Å². The highest BCUT2D eigenvalue weighted by molar-refractivity contribution is 7.89. The summed E-state index contributed by atoms with van der Waals surface area (Å²) in [6, 6.07) is 6.28. The minimum atomic E-state index is -3.61. The summed E-state index contributed by atoms with van der Waals surface area (Å²) in [7, 11) is -3.61. The molecule has 2 N–H and O–H groups in total. The zero-order chi connectivity index (χ0) is 14.8. The van der Waals surface area contributed by atoms with Gasteiger partial charge in [-0.1, -0.05) is 6.92 Å². The van der Waals surface area contributed by atoms with Gasteiger partial charge in [0, 0.05) is 18.8 Å². The smallest absolute Gasteiger partial charge is 0.244 e. The molecule has 1 saturated heterocycles. The molecule has 1 aromatic carbocycles. The molecule has 1 aliphatic rings. The Hall–Kier alpha value is -1.58. The number of hydrogen-bond acceptors (Lipinski definition) is 4. The molecule has 0 amide bonds. The first-order chi connectivity index (χ1) is 9.45. The highest BCUT2D eigenvalue weighted by Crippen LogP contribution is 2.25. The van der Waals surface area contributed by atoms with Crippen molar-refractivity contribution in [1.29, 1.82) is 5.26 Å². The highest BCUT2D eigenvalue weighted by atomic mass is 32.2. The molecule has 0 saturated carbocycles. The Morgan fingerprint density at radius 1 is 1.35 bits per heavy atom. The van der Waals surface area contributed by atoms with Crippen LogP contribution in [0.4, 0.5) is 5.69 Å². The average Bonchev–Trinajstić information content (AvgIpc) is 2.63. The summed E-state index contributed by atoms with van der Waals surface area (Å²) in [6.45, 7) is 3.17. The zero-order valence-electron chi connectivity index (χ0n) is 11.5. The van der Waals surface area contributed by atoms with Crippen LogP contribution in [-0.4, -0.2) is 25.8 Å². The minimum absolute atomic E-state index is 0.0590. The first kappa shape index (κ1) is 14.8. The van der Waals surface area contributed by atoms with Crippen LogP contribution >= 0.6 is 0 Å². The van der Waals surface area contributed by atoms with Crippen LogP contribution < -0.4 is 5.73 Å². The lowest BCUT2D eigenvalue weighted by Crippen LogP contribution is -2.32. The lowest BCUT2D eigenvalue weighted by atomic mass is 10.0. The molecule has 0 aromatic heterocycles. The van der Waals surface area contributed by atoms with Crippen LogP contribution in [0.5, 0.6) is 0 Å². The van der Waals surface area contributed by atoms with Crippen LogP contribution in [-0.2, 0) is 10.0 Å². The Labute approximate surface area is 120 Å². The van der Waals surface area contributed by atoms with Crippen LogP contribution in [0.3, 0.4) is 0 Å². The third-order valence-corrected chi connectivity index (χ3v) is 5.67. The summed E-state index contributed by atoms with van der Waals surface area (Å²) in [5, 5.41) is 9.11. The van der Waals surface area contributed by atoms with Crippen molar-refractivity contribution in [3.05, 3.63) is 23.8 Å². The van der Waals surface area contributed by atoms with E-state index in [9.17, 15) is 8.42 Å². The summed E-state index contributed by atoms with van der Waals surface area (Å²) in [5.74, 6) is 0.539. The van der Waals surface area contributed by atoms with Gasteiger partial charge in [0.25, 0.3) is 0 Å². The monoisotopic (exact) mass is 293 g/mol. The number of nitrogen functional groups attached to an aromatic ring is 1. The van der Waals surface area contributed by atoms with Crippen molar-refractivity contribution in [2.45, 2.75) is 31.1 Å². The van der Waals surface area contributed by atoms with Crippen LogP contribution in [0.1, 0.15) is 31.7 Å². The second kappa shape index (κ2) is 5.81. The zero-order valence-corrected chi connectivity index (χ0v) is 12.4. The topological polar surface area (TPSA) is 87.2 Å². The Balaban J connectivity index is 2.38. The van der Waals surface area contributed by atoms with Crippen LogP contribution in [0.25, 0.3) is 0 Å². The second-order valence-corrected chi connectivity index (χ2v) is 7.21. The van der Waals surface area contributed by atoms with E-state index in [0.29, 0.717) is 24.7 Å². The first-order valence-corrected chi connectivity index (χ1v) is 8.19. The third-order valence-electron chi connectivity index (χ3n) is 3.72. The SMILES string of the molecule is CC1CCCN(S(=O)(=O)c2ccc(N)cc2C#N)CC1.